The lowest BCUT2D eigenvalue weighted by Gasteiger charge is -2.32. The van der Waals surface area contributed by atoms with Crippen LogP contribution < -0.4 is 0 Å². The van der Waals surface area contributed by atoms with Gasteiger partial charge >= 0.3 is 18.1 Å². The van der Waals surface area contributed by atoms with Crippen molar-refractivity contribution < 1.29 is 37.4 Å². The van der Waals surface area contributed by atoms with Gasteiger partial charge in [-0.2, -0.15) is 13.2 Å². The molecular formula is C17H15ClF3NO5. The SMILES string of the molecule is O=C(O)C(F)(F)F.O=C(O)C1CN(Cc2ccco2)Cc2cc(Cl)ccc21. The van der Waals surface area contributed by atoms with Gasteiger partial charge in [0.05, 0.1) is 18.7 Å². The monoisotopic (exact) mass is 405 g/mol. The molecule has 10 heteroatoms. The number of carboxylic acid groups (broad SMARTS) is 2. The molecule has 2 N–H and O–H groups in total. The second kappa shape index (κ2) is 8.45. The van der Waals surface area contributed by atoms with Gasteiger partial charge in [-0.05, 0) is 35.4 Å². The van der Waals surface area contributed by atoms with Gasteiger partial charge in [0.1, 0.15) is 5.76 Å². The summed E-state index contributed by atoms with van der Waals surface area (Å²) in [6, 6.07) is 9.14. The Morgan fingerprint density at radius 1 is 1.26 bits per heavy atom. The maximum atomic E-state index is 11.5. The number of nitrogens with zero attached hydrogens (tertiary/aromatic N) is 1. The van der Waals surface area contributed by atoms with E-state index in [2.05, 4.69) is 4.90 Å². The van der Waals surface area contributed by atoms with E-state index in [-0.39, 0.29) is 0 Å². The van der Waals surface area contributed by atoms with Crippen LogP contribution in [0.1, 0.15) is 22.8 Å². The fourth-order valence-electron chi connectivity index (χ4n) is 2.67. The predicted octanol–water partition coefficient (Wildman–Crippen LogP) is 3.75. The molecule has 146 valence electrons. The van der Waals surface area contributed by atoms with E-state index in [1.54, 1.807) is 12.3 Å². The molecule has 0 saturated heterocycles. The Morgan fingerprint density at radius 3 is 2.44 bits per heavy atom. The molecule has 0 radical (unpaired) electrons. The van der Waals surface area contributed by atoms with Crippen LogP contribution in [0.2, 0.25) is 5.02 Å². The fraction of sp³-hybridized carbons (Fsp3) is 0.294. The molecule has 2 aromatic rings. The van der Waals surface area contributed by atoms with Crippen molar-refractivity contribution in [1.82, 2.24) is 4.90 Å². The van der Waals surface area contributed by atoms with Gasteiger partial charge in [-0.3, -0.25) is 9.69 Å². The van der Waals surface area contributed by atoms with Crippen LogP contribution >= 0.6 is 11.6 Å². The van der Waals surface area contributed by atoms with Gasteiger partial charge in [0.15, 0.2) is 0 Å². The number of halogens is 4. The van der Waals surface area contributed by atoms with Crippen LogP contribution in [-0.2, 0) is 22.7 Å². The van der Waals surface area contributed by atoms with Crippen LogP contribution in [0.25, 0.3) is 0 Å². The molecule has 1 atom stereocenters. The summed E-state index contributed by atoms with van der Waals surface area (Å²) in [5.41, 5.74) is 1.83. The first kappa shape index (κ1) is 20.8. The highest BCUT2D eigenvalue weighted by molar-refractivity contribution is 6.30. The Bertz CT molecular complexity index is 807. The summed E-state index contributed by atoms with van der Waals surface area (Å²) in [4.78, 5) is 22.4. The van der Waals surface area contributed by atoms with Crippen molar-refractivity contribution in [1.29, 1.82) is 0 Å². The number of furan rings is 1. The standard InChI is InChI=1S/C15H14ClNO3.C2HF3O2/c16-11-3-4-13-10(6-11)7-17(9-14(13)15(18)19)8-12-2-1-5-20-12;3-2(4,5)1(6)7/h1-6,14H,7-9H2,(H,18,19);(H,6,7). The fourth-order valence-corrected chi connectivity index (χ4v) is 2.86. The van der Waals surface area contributed by atoms with Crippen LogP contribution in [0, 0.1) is 0 Å². The summed E-state index contributed by atoms with van der Waals surface area (Å²) in [5, 5.41) is 17.2. The van der Waals surface area contributed by atoms with E-state index in [0.717, 1.165) is 16.9 Å². The Kier molecular flexibility index (Phi) is 6.50. The molecule has 1 aromatic heterocycles. The summed E-state index contributed by atoms with van der Waals surface area (Å²) in [6.45, 7) is 1.76. The number of aliphatic carboxylic acids is 2. The predicted molar refractivity (Wildman–Crippen MR) is 88.3 cm³/mol. The average molecular weight is 406 g/mol. The number of carboxylic acids is 2. The lowest BCUT2D eigenvalue weighted by atomic mass is 9.90. The lowest BCUT2D eigenvalue weighted by molar-refractivity contribution is -0.192. The van der Waals surface area contributed by atoms with E-state index in [0.29, 0.717) is 24.7 Å². The average Bonchev–Trinajstić information content (AvgIpc) is 3.06. The number of rotatable bonds is 3. The number of hydrogen-bond donors (Lipinski definition) is 2. The van der Waals surface area contributed by atoms with Crippen molar-refractivity contribution in [2.75, 3.05) is 6.54 Å². The van der Waals surface area contributed by atoms with Gasteiger partial charge in [0, 0.05) is 18.1 Å². The lowest BCUT2D eigenvalue weighted by Crippen LogP contribution is -2.36. The zero-order valence-corrected chi connectivity index (χ0v) is 14.5. The third kappa shape index (κ3) is 5.73. The van der Waals surface area contributed by atoms with Gasteiger partial charge in [0.25, 0.3) is 0 Å². The molecule has 0 fully saturated rings. The summed E-state index contributed by atoms with van der Waals surface area (Å²) in [7, 11) is 0. The highest BCUT2D eigenvalue weighted by atomic mass is 35.5. The highest BCUT2D eigenvalue weighted by Gasteiger charge is 2.38. The molecule has 2 heterocycles. The van der Waals surface area contributed by atoms with Gasteiger partial charge in [-0.25, -0.2) is 4.79 Å². The second-order valence-electron chi connectivity index (χ2n) is 5.79. The molecule has 1 aliphatic rings. The Hall–Kier alpha value is -2.52. The minimum absolute atomic E-state index is 0.477. The van der Waals surface area contributed by atoms with Crippen molar-refractivity contribution in [3.63, 3.8) is 0 Å². The maximum Gasteiger partial charge on any atom is 0.490 e. The summed E-state index contributed by atoms with van der Waals surface area (Å²) >= 11 is 6.01. The van der Waals surface area contributed by atoms with Crippen LogP contribution in [-0.4, -0.2) is 39.8 Å². The van der Waals surface area contributed by atoms with E-state index < -0.39 is 24.0 Å². The van der Waals surface area contributed by atoms with Gasteiger partial charge in [0.2, 0.25) is 0 Å². The van der Waals surface area contributed by atoms with Gasteiger partial charge in [-0.1, -0.05) is 17.7 Å². The molecule has 0 spiro atoms. The summed E-state index contributed by atoms with van der Waals surface area (Å²) in [6.07, 6.45) is -3.46. The number of fused-ring (bicyclic) bond motifs is 1. The van der Waals surface area contributed by atoms with Crippen LogP contribution in [0.15, 0.2) is 41.0 Å². The quantitative estimate of drug-likeness (QED) is 0.808. The number of hydrogen-bond acceptors (Lipinski definition) is 4. The molecule has 0 aliphatic carbocycles. The van der Waals surface area contributed by atoms with E-state index in [1.807, 2.05) is 24.3 Å². The molecule has 0 bridgehead atoms. The number of alkyl halides is 3. The first-order chi connectivity index (χ1) is 12.6. The van der Waals surface area contributed by atoms with E-state index in [1.165, 1.54) is 0 Å². The molecule has 3 rings (SSSR count). The minimum Gasteiger partial charge on any atom is -0.481 e. The number of carbonyl (C=O) groups is 2. The van der Waals surface area contributed by atoms with Gasteiger partial charge in [-0.15, -0.1) is 0 Å². The normalized spacial score (nSPS) is 16.8. The second-order valence-corrected chi connectivity index (χ2v) is 6.22. The zero-order chi connectivity index (χ0) is 20.2. The minimum atomic E-state index is -5.08. The third-order valence-corrected chi connectivity index (χ3v) is 4.05. The third-order valence-electron chi connectivity index (χ3n) is 3.82. The van der Waals surface area contributed by atoms with E-state index in [9.17, 15) is 23.1 Å². The van der Waals surface area contributed by atoms with Crippen molar-refractivity contribution in [3.05, 3.63) is 58.5 Å². The molecule has 6 nitrogen and oxygen atoms in total. The molecule has 27 heavy (non-hydrogen) atoms. The molecule has 0 amide bonds. The highest BCUT2D eigenvalue weighted by Crippen LogP contribution is 2.31. The van der Waals surface area contributed by atoms with Crippen molar-refractivity contribution in [3.8, 4) is 0 Å². The van der Waals surface area contributed by atoms with Crippen LogP contribution in [0.5, 0.6) is 0 Å². The van der Waals surface area contributed by atoms with Crippen LogP contribution in [0.3, 0.4) is 0 Å². The van der Waals surface area contributed by atoms with E-state index in [4.69, 9.17) is 25.9 Å². The Labute approximate surface area is 156 Å². The molecule has 0 saturated carbocycles. The topological polar surface area (TPSA) is 91.0 Å². The van der Waals surface area contributed by atoms with Crippen molar-refractivity contribution in [2.24, 2.45) is 0 Å². The smallest absolute Gasteiger partial charge is 0.481 e. The van der Waals surface area contributed by atoms with Gasteiger partial charge < -0.3 is 14.6 Å². The first-order valence-corrected chi connectivity index (χ1v) is 8.01. The number of benzene rings is 1. The van der Waals surface area contributed by atoms with E-state index >= 15 is 0 Å². The molecule has 1 aromatic carbocycles. The Morgan fingerprint density at radius 2 is 1.93 bits per heavy atom. The summed E-state index contributed by atoms with van der Waals surface area (Å²) < 4.78 is 37.1. The Balaban J connectivity index is 0.000000321. The molecular weight excluding hydrogens is 391 g/mol. The van der Waals surface area contributed by atoms with Crippen LogP contribution in [0.4, 0.5) is 13.2 Å². The first-order valence-electron chi connectivity index (χ1n) is 7.64. The zero-order valence-electron chi connectivity index (χ0n) is 13.7. The maximum absolute atomic E-state index is 11.5. The summed E-state index contributed by atoms with van der Waals surface area (Å²) in [5.74, 6) is -3.25. The largest absolute Gasteiger partial charge is 0.490 e. The van der Waals surface area contributed by atoms with Crippen molar-refractivity contribution >= 4 is 23.5 Å². The molecule has 1 unspecified atom stereocenters. The van der Waals surface area contributed by atoms with Crippen molar-refractivity contribution in [2.45, 2.75) is 25.2 Å². The molecule has 1 aliphatic heterocycles.